The second-order valence-corrected chi connectivity index (χ2v) is 6.37. The van der Waals surface area contributed by atoms with Crippen molar-refractivity contribution >= 4 is 5.91 Å². The van der Waals surface area contributed by atoms with E-state index in [-0.39, 0.29) is 5.91 Å². The first-order valence-corrected chi connectivity index (χ1v) is 8.50. The summed E-state index contributed by atoms with van der Waals surface area (Å²) in [5, 5.41) is 0. The van der Waals surface area contributed by atoms with Gasteiger partial charge < -0.3 is 14.4 Å². The number of benzene rings is 1. The van der Waals surface area contributed by atoms with E-state index in [2.05, 4.69) is 4.90 Å². The summed E-state index contributed by atoms with van der Waals surface area (Å²) in [6, 6.07) is 7.49. The molecule has 5 nitrogen and oxygen atoms in total. The van der Waals surface area contributed by atoms with Crippen LogP contribution in [0.5, 0.6) is 5.75 Å². The highest BCUT2D eigenvalue weighted by Crippen LogP contribution is 2.24. The zero-order valence-electron chi connectivity index (χ0n) is 13.9. The van der Waals surface area contributed by atoms with Crippen molar-refractivity contribution in [1.82, 2.24) is 9.80 Å². The van der Waals surface area contributed by atoms with Gasteiger partial charge in [0.05, 0.1) is 25.9 Å². The van der Waals surface area contributed by atoms with Gasteiger partial charge in [-0.25, -0.2) is 0 Å². The first-order valence-electron chi connectivity index (χ1n) is 8.50. The molecule has 2 aliphatic rings. The first kappa shape index (κ1) is 16.3. The fourth-order valence-corrected chi connectivity index (χ4v) is 3.54. The van der Waals surface area contributed by atoms with Crippen molar-refractivity contribution in [1.29, 1.82) is 0 Å². The molecule has 2 aliphatic heterocycles. The van der Waals surface area contributed by atoms with Crippen LogP contribution in [0.2, 0.25) is 0 Å². The molecule has 0 aromatic heterocycles. The van der Waals surface area contributed by atoms with Crippen LogP contribution in [0.1, 0.15) is 23.2 Å². The van der Waals surface area contributed by atoms with Crippen LogP contribution in [0, 0.1) is 5.92 Å². The van der Waals surface area contributed by atoms with Gasteiger partial charge in [-0.1, -0.05) is 12.1 Å². The van der Waals surface area contributed by atoms with E-state index in [0.717, 1.165) is 52.4 Å². The van der Waals surface area contributed by atoms with E-state index < -0.39 is 0 Å². The van der Waals surface area contributed by atoms with Crippen LogP contribution in [-0.2, 0) is 4.74 Å². The second-order valence-electron chi connectivity index (χ2n) is 6.37. The zero-order valence-corrected chi connectivity index (χ0v) is 13.9. The highest BCUT2D eigenvalue weighted by Gasteiger charge is 2.27. The molecule has 126 valence electrons. The highest BCUT2D eigenvalue weighted by atomic mass is 16.5. The largest absolute Gasteiger partial charge is 0.496 e. The van der Waals surface area contributed by atoms with Crippen LogP contribution in [-0.4, -0.2) is 68.8 Å². The average molecular weight is 318 g/mol. The third kappa shape index (κ3) is 4.03. The fraction of sp³-hybridized carbons (Fsp3) is 0.611. The molecule has 0 saturated carbocycles. The predicted molar refractivity (Wildman–Crippen MR) is 88.9 cm³/mol. The normalized spacial score (nSPS) is 22.8. The molecule has 0 radical (unpaired) electrons. The van der Waals surface area contributed by atoms with Crippen LogP contribution < -0.4 is 4.74 Å². The van der Waals surface area contributed by atoms with Crippen molar-refractivity contribution in [3.05, 3.63) is 29.8 Å². The lowest BCUT2D eigenvalue weighted by molar-refractivity contribution is 0.0223. The molecule has 1 aromatic rings. The number of likely N-dealkylation sites (tertiary alicyclic amines) is 1. The number of hydrogen-bond acceptors (Lipinski definition) is 4. The highest BCUT2D eigenvalue weighted by molar-refractivity contribution is 5.97. The number of methoxy groups -OCH3 is 1. The summed E-state index contributed by atoms with van der Waals surface area (Å²) in [5.74, 6) is 1.31. The topological polar surface area (TPSA) is 42.0 Å². The lowest BCUT2D eigenvalue weighted by Gasteiger charge is -2.37. The summed E-state index contributed by atoms with van der Waals surface area (Å²) in [5.41, 5.74) is 0.669. The van der Waals surface area contributed by atoms with E-state index in [1.165, 1.54) is 6.42 Å². The number of ether oxygens (including phenoxy) is 2. The first-order chi connectivity index (χ1) is 11.3. The van der Waals surface area contributed by atoms with Crippen molar-refractivity contribution in [3.8, 4) is 5.75 Å². The van der Waals surface area contributed by atoms with E-state index in [1.54, 1.807) is 7.11 Å². The Labute approximate surface area is 138 Å². The molecule has 0 bridgehead atoms. The maximum absolute atomic E-state index is 12.8. The molecule has 23 heavy (non-hydrogen) atoms. The summed E-state index contributed by atoms with van der Waals surface area (Å²) >= 11 is 0. The summed E-state index contributed by atoms with van der Waals surface area (Å²) in [6.45, 7) is 6.44. The molecule has 2 heterocycles. The molecule has 1 unspecified atom stereocenters. The number of carbonyl (C=O) groups is 1. The number of hydrogen-bond donors (Lipinski definition) is 0. The molecule has 2 fully saturated rings. The van der Waals surface area contributed by atoms with Crippen LogP contribution in [0.3, 0.4) is 0 Å². The molecule has 2 saturated heterocycles. The minimum Gasteiger partial charge on any atom is -0.496 e. The molecule has 1 atom stereocenters. The van der Waals surface area contributed by atoms with Crippen LogP contribution in [0.4, 0.5) is 0 Å². The van der Waals surface area contributed by atoms with Gasteiger partial charge in [0.1, 0.15) is 5.75 Å². The van der Waals surface area contributed by atoms with Crippen LogP contribution in [0.25, 0.3) is 0 Å². The van der Waals surface area contributed by atoms with Crippen molar-refractivity contribution in [2.75, 3.05) is 53.0 Å². The molecule has 3 rings (SSSR count). The quantitative estimate of drug-likeness (QED) is 0.850. The molecule has 0 spiro atoms. The van der Waals surface area contributed by atoms with Gasteiger partial charge in [0, 0.05) is 32.7 Å². The van der Waals surface area contributed by atoms with Crippen LogP contribution >= 0.6 is 0 Å². The minimum absolute atomic E-state index is 0.0918. The number of morpholine rings is 1. The second kappa shape index (κ2) is 7.79. The van der Waals surface area contributed by atoms with Crippen LogP contribution in [0.15, 0.2) is 24.3 Å². The fourth-order valence-electron chi connectivity index (χ4n) is 3.54. The molecule has 1 amide bonds. The van der Waals surface area contributed by atoms with Gasteiger partial charge in [-0.3, -0.25) is 9.69 Å². The van der Waals surface area contributed by atoms with Crippen molar-refractivity contribution in [2.24, 2.45) is 5.92 Å². The third-order valence-corrected chi connectivity index (χ3v) is 4.76. The van der Waals surface area contributed by atoms with E-state index >= 15 is 0 Å². The third-order valence-electron chi connectivity index (χ3n) is 4.76. The Balaban J connectivity index is 1.62. The van der Waals surface area contributed by atoms with Gasteiger partial charge in [-0.05, 0) is 30.9 Å². The Kier molecular flexibility index (Phi) is 5.51. The summed E-state index contributed by atoms with van der Waals surface area (Å²) in [4.78, 5) is 17.3. The van der Waals surface area contributed by atoms with Crippen molar-refractivity contribution < 1.29 is 14.3 Å². The molecule has 0 aliphatic carbocycles. The smallest absolute Gasteiger partial charge is 0.257 e. The molecular weight excluding hydrogens is 292 g/mol. The van der Waals surface area contributed by atoms with Gasteiger partial charge in [-0.2, -0.15) is 0 Å². The Morgan fingerprint density at radius 3 is 2.83 bits per heavy atom. The van der Waals surface area contributed by atoms with Crippen molar-refractivity contribution in [3.63, 3.8) is 0 Å². The number of carbonyl (C=O) groups excluding carboxylic acids is 1. The lowest BCUT2D eigenvalue weighted by Crippen LogP contribution is -2.46. The summed E-state index contributed by atoms with van der Waals surface area (Å²) in [7, 11) is 1.61. The number of para-hydroxylation sites is 1. The van der Waals surface area contributed by atoms with Gasteiger partial charge >= 0.3 is 0 Å². The monoisotopic (exact) mass is 318 g/mol. The maximum atomic E-state index is 12.8. The zero-order chi connectivity index (χ0) is 16.1. The summed E-state index contributed by atoms with van der Waals surface area (Å²) in [6.07, 6.45) is 2.28. The Morgan fingerprint density at radius 1 is 1.26 bits per heavy atom. The molecule has 5 heteroatoms. The summed E-state index contributed by atoms with van der Waals surface area (Å²) < 4.78 is 10.7. The average Bonchev–Trinajstić information content (AvgIpc) is 2.62. The van der Waals surface area contributed by atoms with Gasteiger partial charge in [-0.15, -0.1) is 0 Å². The maximum Gasteiger partial charge on any atom is 0.257 e. The van der Waals surface area contributed by atoms with E-state index in [4.69, 9.17) is 9.47 Å². The Bertz CT molecular complexity index is 529. The van der Waals surface area contributed by atoms with E-state index in [0.29, 0.717) is 17.2 Å². The Hall–Kier alpha value is -1.59. The van der Waals surface area contributed by atoms with Gasteiger partial charge in [0.2, 0.25) is 0 Å². The SMILES string of the molecule is COc1ccccc1C(=O)N1CCCC(CN2CCOCC2)C1. The van der Waals surface area contributed by atoms with Crippen molar-refractivity contribution in [2.45, 2.75) is 12.8 Å². The number of piperidine rings is 1. The van der Waals surface area contributed by atoms with Gasteiger partial charge in [0.15, 0.2) is 0 Å². The standard InChI is InChI=1S/C18H26N2O3/c1-22-17-7-3-2-6-16(17)18(21)20-8-4-5-15(14-20)13-19-9-11-23-12-10-19/h2-3,6-7,15H,4-5,8-14H2,1H3. The molecule has 1 aromatic carbocycles. The predicted octanol–water partition coefficient (Wildman–Crippen LogP) is 1.88. The molecule has 0 N–H and O–H groups in total. The number of nitrogens with zero attached hydrogens (tertiary/aromatic N) is 2. The Morgan fingerprint density at radius 2 is 2.04 bits per heavy atom. The van der Waals surface area contributed by atoms with E-state index in [1.807, 2.05) is 29.2 Å². The van der Waals surface area contributed by atoms with E-state index in [9.17, 15) is 4.79 Å². The number of rotatable bonds is 4. The number of amides is 1. The lowest BCUT2D eigenvalue weighted by atomic mass is 9.96. The molecular formula is C18H26N2O3. The van der Waals surface area contributed by atoms with Gasteiger partial charge in [0.25, 0.3) is 5.91 Å². The minimum atomic E-state index is 0.0918.